The number of benzene rings is 1. The number of hydrogen-bond acceptors (Lipinski definition) is 9. The number of allylic oxidation sites excluding steroid dienone is 1. The van der Waals surface area contributed by atoms with Crippen molar-refractivity contribution < 1.29 is 38.4 Å². The number of carbonyl (C=O) groups is 1. The standard InChI is InChI=1S/C29H34O9/c1-25(2)9-8-22(30)27(4)28(25,32)11-10-26(3)29(27,33)15-17-19(38-26)14-18(37-24(17)31)16-12-20(34-5)23(36-7)21(13-16)35-6/h8-9,12-14,32-33H,10-11,15H2,1-7H3/t26-,27-,28+,29-/m1/s1. The summed E-state index contributed by atoms with van der Waals surface area (Å²) in [5, 5.41) is 24.4. The highest BCUT2D eigenvalue weighted by Crippen LogP contribution is 2.65. The highest BCUT2D eigenvalue weighted by atomic mass is 16.5. The van der Waals surface area contributed by atoms with Gasteiger partial charge in [0.15, 0.2) is 17.3 Å². The number of ketones is 1. The molecule has 2 N–H and O–H groups in total. The molecule has 0 spiro atoms. The first-order valence-corrected chi connectivity index (χ1v) is 12.6. The molecule has 9 heteroatoms. The lowest BCUT2D eigenvalue weighted by molar-refractivity contribution is -0.297. The zero-order valence-corrected chi connectivity index (χ0v) is 22.8. The molecule has 0 bridgehead atoms. The van der Waals surface area contributed by atoms with Crippen LogP contribution < -0.4 is 24.6 Å². The van der Waals surface area contributed by atoms with E-state index in [0.29, 0.717) is 22.8 Å². The van der Waals surface area contributed by atoms with Crippen LogP contribution in [0.2, 0.25) is 0 Å². The summed E-state index contributed by atoms with van der Waals surface area (Å²) in [7, 11) is 4.47. The van der Waals surface area contributed by atoms with Gasteiger partial charge in [-0.1, -0.05) is 19.9 Å². The van der Waals surface area contributed by atoms with Crippen LogP contribution in [0.4, 0.5) is 0 Å². The number of aliphatic hydroxyl groups is 2. The summed E-state index contributed by atoms with van der Waals surface area (Å²) in [4.78, 5) is 26.8. The van der Waals surface area contributed by atoms with Gasteiger partial charge in [0.1, 0.15) is 22.7 Å². The molecule has 1 aromatic carbocycles. The smallest absolute Gasteiger partial charge is 0.343 e. The third kappa shape index (κ3) is 3.06. The maximum absolute atomic E-state index is 13.5. The van der Waals surface area contributed by atoms with Crippen molar-refractivity contribution in [2.75, 3.05) is 21.3 Å². The van der Waals surface area contributed by atoms with Crippen molar-refractivity contribution in [3.8, 4) is 34.3 Å². The van der Waals surface area contributed by atoms with Crippen LogP contribution in [0.3, 0.4) is 0 Å². The van der Waals surface area contributed by atoms with E-state index in [0.717, 1.165) is 0 Å². The molecule has 1 fully saturated rings. The number of ether oxygens (including phenoxy) is 4. The van der Waals surface area contributed by atoms with Crippen molar-refractivity contribution in [2.45, 2.75) is 63.8 Å². The van der Waals surface area contributed by atoms with E-state index in [2.05, 4.69) is 0 Å². The van der Waals surface area contributed by atoms with E-state index in [-0.39, 0.29) is 36.3 Å². The van der Waals surface area contributed by atoms with Crippen LogP contribution in [0.1, 0.15) is 46.1 Å². The largest absolute Gasteiger partial charge is 0.493 e. The van der Waals surface area contributed by atoms with Crippen LogP contribution in [-0.4, -0.2) is 54.1 Å². The molecule has 2 aliphatic carbocycles. The Hall–Kier alpha value is -3.30. The van der Waals surface area contributed by atoms with Gasteiger partial charge in [-0.25, -0.2) is 4.79 Å². The van der Waals surface area contributed by atoms with Crippen LogP contribution >= 0.6 is 0 Å². The summed E-state index contributed by atoms with van der Waals surface area (Å²) in [6.07, 6.45) is 3.38. The fourth-order valence-electron chi connectivity index (χ4n) is 6.82. The molecule has 0 radical (unpaired) electrons. The zero-order valence-electron chi connectivity index (χ0n) is 22.8. The van der Waals surface area contributed by atoms with Crippen LogP contribution in [-0.2, 0) is 11.2 Å². The summed E-state index contributed by atoms with van der Waals surface area (Å²) in [5.74, 6) is 1.22. The normalized spacial score (nSPS) is 32.9. The maximum Gasteiger partial charge on any atom is 0.343 e. The maximum atomic E-state index is 13.5. The summed E-state index contributed by atoms with van der Waals surface area (Å²) in [6.45, 7) is 7.00. The van der Waals surface area contributed by atoms with Gasteiger partial charge in [0, 0.05) is 23.5 Å². The monoisotopic (exact) mass is 526 g/mol. The van der Waals surface area contributed by atoms with Gasteiger partial charge in [0.25, 0.3) is 0 Å². The highest BCUT2D eigenvalue weighted by Gasteiger charge is 2.77. The minimum Gasteiger partial charge on any atom is -0.493 e. The van der Waals surface area contributed by atoms with E-state index >= 15 is 0 Å². The predicted octanol–water partition coefficient (Wildman–Crippen LogP) is 3.45. The van der Waals surface area contributed by atoms with E-state index < -0.39 is 39.0 Å². The van der Waals surface area contributed by atoms with Gasteiger partial charge in [-0.15, -0.1) is 0 Å². The highest BCUT2D eigenvalue weighted by molar-refractivity contribution is 5.98. The van der Waals surface area contributed by atoms with Crippen LogP contribution in [0.5, 0.6) is 23.0 Å². The molecule has 0 saturated heterocycles. The number of carbonyl (C=O) groups excluding carboxylic acids is 1. The molecular formula is C29H34O9. The second-order valence-electron chi connectivity index (χ2n) is 11.4. The first kappa shape index (κ1) is 26.3. The molecule has 204 valence electrons. The SMILES string of the molecule is COc1cc(-c2cc3c(c(=O)o2)C[C@]2(O)[C@]4(C)C(=O)C=CC(C)(C)[C@@]4(O)CC[C@@]2(C)O3)cc(OC)c1OC. The van der Waals surface area contributed by atoms with E-state index in [4.69, 9.17) is 23.4 Å². The molecule has 4 atom stereocenters. The molecule has 9 nitrogen and oxygen atoms in total. The Balaban J connectivity index is 1.66. The Kier molecular flexibility index (Phi) is 5.61. The van der Waals surface area contributed by atoms with Gasteiger partial charge >= 0.3 is 5.63 Å². The topological polar surface area (TPSA) is 125 Å². The average Bonchev–Trinajstić information content (AvgIpc) is 2.88. The van der Waals surface area contributed by atoms with Crippen molar-refractivity contribution in [3.05, 3.63) is 46.3 Å². The van der Waals surface area contributed by atoms with Gasteiger partial charge < -0.3 is 33.6 Å². The van der Waals surface area contributed by atoms with Crippen molar-refractivity contribution in [1.29, 1.82) is 0 Å². The molecule has 1 aliphatic heterocycles. The van der Waals surface area contributed by atoms with Crippen molar-refractivity contribution in [1.82, 2.24) is 0 Å². The van der Waals surface area contributed by atoms with E-state index in [1.807, 2.05) is 13.8 Å². The number of rotatable bonds is 4. The van der Waals surface area contributed by atoms with Crippen molar-refractivity contribution in [3.63, 3.8) is 0 Å². The van der Waals surface area contributed by atoms with E-state index in [1.165, 1.54) is 27.4 Å². The molecule has 38 heavy (non-hydrogen) atoms. The number of hydrogen-bond donors (Lipinski definition) is 2. The van der Waals surface area contributed by atoms with Gasteiger partial charge in [-0.3, -0.25) is 4.79 Å². The summed E-state index contributed by atoms with van der Waals surface area (Å²) in [5.41, 5.74) is -7.26. The van der Waals surface area contributed by atoms with Gasteiger partial charge in [0.05, 0.1) is 37.9 Å². The lowest BCUT2D eigenvalue weighted by Gasteiger charge is -2.68. The molecule has 3 aliphatic rings. The van der Waals surface area contributed by atoms with Gasteiger partial charge in [-0.2, -0.15) is 0 Å². The summed E-state index contributed by atoms with van der Waals surface area (Å²) in [6, 6.07) is 4.91. The molecule has 1 aromatic heterocycles. The predicted molar refractivity (Wildman–Crippen MR) is 138 cm³/mol. The average molecular weight is 527 g/mol. The lowest BCUT2D eigenvalue weighted by Crippen LogP contribution is -2.81. The first-order valence-electron chi connectivity index (χ1n) is 12.6. The fourth-order valence-corrected chi connectivity index (χ4v) is 6.82. The van der Waals surface area contributed by atoms with Gasteiger partial charge in [0.2, 0.25) is 5.75 Å². The third-order valence-electron chi connectivity index (χ3n) is 9.43. The van der Waals surface area contributed by atoms with Crippen molar-refractivity contribution in [2.24, 2.45) is 10.8 Å². The summed E-state index contributed by atoms with van der Waals surface area (Å²) < 4.78 is 28.4. The molecular weight excluding hydrogens is 492 g/mol. The van der Waals surface area contributed by atoms with Crippen LogP contribution in [0.25, 0.3) is 11.3 Å². The van der Waals surface area contributed by atoms with Crippen LogP contribution in [0.15, 0.2) is 39.6 Å². The van der Waals surface area contributed by atoms with E-state index in [9.17, 15) is 19.8 Å². The molecule has 5 rings (SSSR count). The van der Waals surface area contributed by atoms with Crippen LogP contribution in [0, 0.1) is 10.8 Å². The third-order valence-corrected chi connectivity index (χ3v) is 9.43. The molecule has 0 unspecified atom stereocenters. The molecule has 2 heterocycles. The van der Waals surface area contributed by atoms with Crippen molar-refractivity contribution >= 4 is 5.78 Å². The Morgan fingerprint density at radius 3 is 2.08 bits per heavy atom. The second-order valence-corrected chi connectivity index (χ2v) is 11.4. The minimum absolute atomic E-state index is 0.104. The Bertz CT molecular complexity index is 1400. The quantitative estimate of drug-likeness (QED) is 0.616. The summed E-state index contributed by atoms with van der Waals surface area (Å²) >= 11 is 0. The Morgan fingerprint density at radius 2 is 1.50 bits per heavy atom. The zero-order chi connectivity index (χ0) is 27.9. The second kappa shape index (κ2) is 8.10. The lowest BCUT2D eigenvalue weighted by atomic mass is 9.41. The molecule has 2 aromatic rings. The number of methoxy groups -OCH3 is 3. The fraction of sp³-hybridized carbons (Fsp3) is 0.517. The van der Waals surface area contributed by atoms with Gasteiger partial charge in [-0.05, 0) is 44.9 Å². The number of fused-ring (bicyclic) bond motifs is 4. The Morgan fingerprint density at radius 1 is 0.868 bits per heavy atom. The molecule has 1 saturated carbocycles. The Labute approximate surface area is 221 Å². The first-order chi connectivity index (χ1) is 17.7. The molecule has 0 amide bonds. The van der Waals surface area contributed by atoms with E-state index in [1.54, 1.807) is 38.1 Å². The minimum atomic E-state index is -1.89.